The summed E-state index contributed by atoms with van der Waals surface area (Å²) in [7, 11) is 1.27. The molecule has 154 valence electrons. The Morgan fingerprint density at radius 2 is 1.86 bits per heavy atom. The number of nitrogens with one attached hydrogen (secondary N) is 2. The number of carbonyl (C=O) groups is 2. The van der Waals surface area contributed by atoms with Gasteiger partial charge in [-0.1, -0.05) is 51.1 Å². The van der Waals surface area contributed by atoms with E-state index in [1.165, 1.54) is 7.11 Å². The number of ether oxygens (including phenoxy) is 1. The summed E-state index contributed by atoms with van der Waals surface area (Å²) < 4.78 is 4.66. The lowest BCUT2D eigenvalue weighted by Gasteiger charge is -2.34. The van der Waals surface area contributed by atoms with E-state index in [1.807, 2.05) is 63.2 Å². The summed E-state index contributed by atoms with van der Waals surface area (Å²) in [5.41, 5.74) is 4.82. The molecule has 0 spiro atoms. The Hall–Kier alpha value is -3.22. The normalized spacial score (nSPS) is 12.4. The molecule has 1 aromatic carbocycles. The summed E-state index contributed by atoms with van der Waals surface area (Å²) >= 11 is 0. The lowest BCUT2D eigenvalue weighted by atomic mass is 9.77. The first-order chi connectivity index (χ1) is 13.9. The third-order valence-electron chi connectivity index (χ3n) is 5.28. The van der Waals surface area contributed by atoms with E-state index in [-0.39, 0.29) is 5.91 Å². The number of hydrogen-bond donors (Lipinski definition) is 2. The molecule has 0 aliphatic carbocycles. The number of rotatable bonds is 8. The SMILES string of the molecule is CCC(C)(CC)[C@H](NC(=O)OC)C(=O)N/N=C/c1ccc(-c2ccccn2)cc1. The van der Waals surface area contributed by atoms with Gasteiger partial charge in [0.25, 0.3) is 5.91 Å². The fraction of sp³-hybridized carbons (Fsp3) is 0.364. The summed E-state index contributed by atoms with van der Waals surface area (Å²) in [5.74, 6) is -0.386. The molecule has 29 heavy (non-hydrogen) atoms. The molecule has 2 N–H and O–H groups in total. The zero-order valence-electron chi connectivity index (χ0n) is 17.3. The smallest absolute Gasteiger partial charge is 0.407 e. The Balaban J connectivity index is 2.06. The van der Waals surface area contributed by atoms with Crippen molar-refractivity contribution in [3.05, 3.63) is 54.2 Å². The van der Waals surface area contributed by atoms with Crippen molar-refractivity contribution in [2.75, 3.05) is 7.11 Å². The Kier molecular flexibility index (Phi) is 7.88. The van der Waals surface area contributed by atoms with Crippen LogP contribution in [0.4, 0.5) is 4.79 Å². The lowest BCUT2D eigenvalue weighted by molar-refractivity contribution is -0.126. The van der Waals surface area contributed by atoms with E-state index in [0.717, 1.165) is 16.8 Å². The predicted octanol–water partition coefficient (Wildman–Crippen LogP) is 3.75. The van der Waals surface area contributed by atoms with Gasteiger partial charge in [-0.25, -0.2) is 10.2 Å². The van der Waals surface area contributed by atoms with Crippen molar-refractivity contribution in [1.29, 1.82) is 0 Å². The molecule has 0 aliphatic rings. The molecular weight excluding hydrogens is 368 g/mol. The van der Waals surface area contributed by atoms with Gasteiger partial charge in [0.15, 0.2) is 0 Å². The Bertz CT molecular complexity index is 831. The predicted molar refractivity (Wildman–Crippen MR) is 113 cm³/mol. The van der Waals surface area contributed by atoms with E-state index in [1.54, 1.807) is 12.4 Å². The number of aromatic nitrogens is 1. The first-order valence-electron chi connectivity index (χ1n) is 9.62. The molecular formula is C22H28N4O3. The van der Waals surface area contributed by atoms with Gasteiger partial charge in [0.05, 0.1) is 19.0 Å². The molecule has 0 saturated carbocycles. The molecule has 2 rings (SSSR count). The minimum Gasteiger partial charge on any atom is -0.453 e. The van der Waals surface area contributed by atoms with E-state index < -0.39 is 17.6 Å². The first-order valence-corrected chi connectivity index (χ1v) is 9.62. The van der Waals surface area contributed by atoms with Crippen LogP contribution >= 0.6 is 0 Å². The average Bonchev–Trinajstić information content (AvgIpc) is 2.77. The molecule has 2 amide bonds. The molecule has 0 bridgehead atoms. The molecule has 1 aromatic heterocycles. The zero-order chi connectivity index (χ0) is 21.3. The van der Waals surface area contributed by atoms with Crippen molar-refractivity contribution in [2.45, 2.75) is 39.7 Å². The van der Waals surface area contributed by atoms with Crippen molar-refractivity contribution >= 4 is 18.2 Å². The highest BCUT2D eigenvalue weighted by atomic mass is 16.5. The van der Waals surface area contributed by atoms with Gasteiger partial charge in [-0.3, -0.25) is 9.78 Å². The summed E-state index contributed by atoms with van der Waals surface area (Å²) in [6, 6.07) is 12.7. The summed E-state index contributed by atoms with van der Waals surface area (Å²) in [6.45, 7) is 5.91. The maximum atomic E-state index is 12.7. The van der Waals surface area contributed by atoms with Crippen LogP contribution in [0.1, 0.15) is 39.2 Å². The highest BCUT2D eigenvalue weighted by molar-refractivity contribution is 5.88. The highest BCUT2D eigenvalue weighted by Gasteiger charge is 2.37. The van der Waals surface area contributed by atoms with Crippen molar-refractivity contribution in [1.82, 2.24) is 15.7 Å². The largest absolute Gasteiger partial charge is 0.453 e. The molecule has 0 fully saturated rings. The summed E-state index contributed by atoms with van der Waals surface area (Å²) in [6.07, 6.45) is 4.09. The van der Waals surface area contributed by atoms with Crippen LogP contribution in [0.25, 0.3) is 11.3 Å². The number of benzene rings is 1. The topological polar surface area (TPSA) is 92.7 Å². The number of hydrogen-bond acceptors (Lipinski definition) is 5. The second-order valence-electron chi connectivity index (χ2n) is 7.00. The van der Waals surface area contributed by atoms with Gasteiger partial charge in [0, 0.05) is 11.8 Å². The second kappa shape index (κ2) is 10.4. The third-order valence-corrected chi connectivity index (χ3v) is 5.28. The number of alkyl carbamates (subject to hydrolysis) is 1. The fourth-order valence-electron chi connectivity index (χ4n) is 2.90. The zero-order valence-corrected chi connectivity index (χ0v) is 17.3. The van der Waals surface area contributed by atoms with Crippen LogP contribution in [0.2, 0.25) is 0 Å². The van der Waals surface area contributed by atoms with E-state index in [0.29, 0.717) is 12.8 Å². The van der Waals surface area contributed by atoms with Gasteiger partial charge in [0.1, 0.15) is 6.04 Å². The maximum absolute atomic E-state index is 12.7. The van der Waals surface area contributed by atoms with Gasteiger partial charge >= 0.3 is 6.09 Å². The van der Waals surface area contributed by atoms with Crippen molar-refractivity contribution in [3.8, 4) is 11.3 Å². The van der Waals surface area contributed by atoms with E-state index in [4.69, 9.17) is 0 Å². The third kappa shape index (κ3) is 5.88. The number of methoxy groups -OCH3 is 1. The Morgan fingerprint density at radius 1 is 1.17 bits per heavy atom. The average molecular weight is 396 g/mol. The van der Waals surface area contributed by atoms with Gasteiger partial charge in [-0.2, -0.15) is 5.10 Å². The van der Waals surface area contributed by atoms with Gasteiger partial charge in [0.2, 0.25) is 0 Å². The lowest BCUT2D eigenvalue weighted by Crippen LogP contribution is -2.54. The van der Waals surface area contributed by atoms with E-state index in [2.05, 4.69) is 25.6 Å². The van der Waals surface area contributed by atoms with Crippen LogP contribution < -0.4 is 10.7 Å². The molecule has 7 nitrogen and oxygen atoms in total. The van der Waals surface area contributed by atoms with Crippen molar-refractivity contribution in [3.63, 3.8) is 0 Å². The minimum atomic E-state index is -0.756. The number of hydrazone groups is 1. The quantitative estimate of drug-likeness (QED) is 0.525. The number of nitrogens with zero attached hydrogens (tertiary/aromatic N) is 2. The molecule has 7 heteroatoms. The monoisotopic (exact) mass is 396 g/mol. The van der Waals surface area contributed by atoms with Gasteiger partial charge in [-0.15, -0.1) is 0 Å². The molecule has 0 saturated heterocycles. The van der Waals surface area contributed by atoms with Crippen LogP contribution in [0, 0.1) is 5.41 Å². The number of pyridine rings is 1. The van der Waals surface area contributed by atoms with Crippen LogP contribution in [-0.2, 0) is 9.53 Å². The molecule has 0 aliphatic heterocycles. The molecule has 1 atom stereocenters. The second-order valence-corrected chi connectivity index (χ2v) is 7.00. The molecule has 0 radical (unpaired) electrons. The van der Waals surface area contributed by atoms with Gasteiger partial charge in [-0.05, 0) is 36.0 Å². The van der Waals surface area contributed by atoms with Crippen molar-refractivity contribution < 1.29 is 14.3 Å². The standard InChI is InChI=1S/C22H28N4O3/c1-5-22(3,6-2)19(25-21(28)29-4)20(27)26-24-15-16-10-12-17(13-11-16)18-9-7-8-14-23-18/h7-15,19H,5-6H2,1-4H3,(H,25,28)(H,26,27)/b24-15+/t19-/m1/s1. The van der Waals surface area contributed by atoms with Crippen molar-refractivity contribution in [2.24, 2.45) is 10.5 Å². The maximum Gasteiger partial charge on any atom is 0.407 e. The van der Waals surface area contributed by atoms with Crippen LogP contribution in [0.3, 0.4) is 0 Å². The van der Waals surface area contributed by atoms with E-state index >= 15 is 0 Å². The summed E-state index contributed by atoms with van der Waals surface area (Å²) in [4.78, 5) is 28.7. The fourth-order valence-corrected chi connectivity index (χ4v) is 2.90. The van der Waals surface area contributed by atoms with Crippen LogP contribution in [-0.4, -0.2) is 36.4 Å². The highest BCUT2D eigenvalue weighted by Crippen LogP contribution is 2.30. The Morgan fingerprint density at radius 3 is 2.41 bits per heavy atom. The molecule has 0 unspecified atom stereocenters. The number of amides is 2. The van der Waals surface area contributed by atoms with Crippen LogP contribution in [0.15, 0.2) is 53.8 Å². The first kappa shape index (κ1) is 22.1. The Labute approximate surface area is 171 Å². The summed E-state index contributed by atoms with van der Waals surface area (Å²) in [5, 5.41) is 6.68. The van der Waals surface area contributed by atoms with Crippen LogP contribution in [0.5, 0.6) is 0 Å². The molecule has 1 heterocycles. The van der Waals surface area contributed by atoms with Gasteiger partial charge < -0.3 is 10.1 Å². The number of carbonyl (C=O) groups excluding carboxylic acids is 2. The minimum absolute atomic E-state index is 0.386. The van der Waals surface area contributed by atoms with E-state index in [9.17, 15) is 9.59 Å². The molecule has 2 aromatic rings.